The number of nitrogen functional groups attached to an aromatic ring is 1. The van der Waals surface area contributed by atoms with Crippen molar-refractivity contribution in [2.45, 2.75) is 32.2 Å². The maximum atomic E-state index is 13.2. The van der Waals surface area contributed by atoms with E-state index in [1.54, 1.807) is 0 Å². The number of halogens is 2. The summed E-state index contributed by atoms with van der Waals surface area (Å²) in [6.07, 6.45) is 3.08. The lowest BCUT2D eigenvalue weighted by atomic mass is 10.1. The molecule has 0 bridgehead atoms. The molecule has 1 aromatic rings. The number of hydrogen-bond donors (Lipinski definition) is 2. The van der Waals surface area contributed by atoms with Crippen molar-refractivity contribution >= 4 is 11.6 Å². The Bertz CT molecular complexity index is 453. The minimum Gasteiger partial charge on any atom is -0.394 e. The highest BCUT2D eigenvalue weighted by molar-refractivity contribution is 5.95. The van der Waals surface area contributed by atoms with Gasteiger partial charge in [-0.2, -0.15) is 0 Å². The van der Waals surface area contributed by atoms with Crippen molar-refractivity contribution < 1.29 is 13.6 Å². The molecule has 3 nitrogen and oxygen atoms in total. The number of rotatable bonds is 4. The Morgan fingerprint density at radius 1 is 1.44 bits per heavy atom. The lowest BCUT2D eigenvalue weighted by molar-refractivity contribution is 0.0948. The maximum absolute atomic E-state index is 13.2. The van der Waals surface area contributed by atoms with Crippen molar-refractivity contribution in [2.75, 3.05) is 5.73 Å². The first-order valence-corrected chi connectivity index (χ1v) is 6.08. The first kappa shape index (κ1) is 12.8. The van der Waals surface area contributed by atoms with Crippen LogP contribution >= 0.6 is 0 Å². The lowest BCUT2D eigenvalue weighted by Gasteiger charge is -2.06. The van der Waals surface area contributed by atoms with E-state index in [0.717, 1.165) is 31.4 Å². The van der Waals surface area contributed by atoms with Gasteiger partial charge in [0.25, 0.3) is 5.91 Å². The molecule has 0 aliphatic heterocycles. The second-order valence-corrected chi connectivity index (χ2v) is 4.72. The third-order valence-corrected chi connectivity index (χ3v) is 3.24. The van der Waals surface area contributed by atoms with Crippen molar-refractivity contribution in [1.29, 1.82) is 0 Å². The molecule has 1 aliphatic rings. The molecular formula is C13H16F2N2O. The van der Waals surface area contributed by atoms with Gasteiger partial charge in [-0.15, -0.1) is 0 Å². The summed E-state index contributed by atoms with van der Waals surface area (Å²) in [5.74, 6) is -1.75. The Labute approximate surface area is 104 Å². The minimum atomic E-state index is -0.902. The van der Waals surface area contributed by atoms with Gasteiger partial charge in [0.2, 0.25) is 0 Å². The highest BCUT2D eigenvalue weighted by Gasteiger charge is 2.37. The lowest BCUT2D eigenvalue weighted by Crippen LogP contribution is -2.27. The van der Waals surface area contributed by atoms with E-state index in [9.17, 15) is 13.6 Å². The SMILES string of the molecule is CCCC1CC1NC(=O)c1cc(F)c(N)c(F)c1. The molecule has 3 N–H and O–H groups in total. The van der Waals surface area contributed by atoms with Crippen LogP contribution < -0.4 is 11.1 Å². The second-order valence-electron chi connectivity index (χ2n) is 4.72. The maximum Gasteiger partial charge on any atom is 0.251 e. The molecule has 0 aromatic heterocycles. The summed E-state index contributed by atoms with van der Waals surface area (Å²) in [5, 5.41) is 2.77. The van der Waals surface area contributed by atoms with Gasteiger partial charge in [-0.25, -0.2) is 8.78 Å². The molecule has 0 spiro atoms. The largest absolute Gasteiger partial charge is 0.394 e. The predicted octanol–water partition coefficient (Wildman–Crippen LogP) is 2.47. The molecule has 98 valence electrons. The second kappa shape index (κ2) is 4.92. The number of carbonyl (C=O) groups excluding carboxylic acids is 1. The van der Waals surface area contributed by atoms with E-state index in [2.05, 4.69) is 12.2 Å². The molecule has 1 aliphatic carbocycles. The van der Waals surface area contributed by atoms with Crippen molar-refractivity contribution in [3.8, 4) is 0 Å². The van der Waals surface area contributed by atoms with Crippen LogP contribution in [0.15, 0.2) is 12.1 Å². The van der Waals surface area contributed by atoms with Crippen LogP contribution in [0.5, 0.6) is 0 Å². The van der Waals surface area contributed by atoms with Crippen LogP contribution in [0.25, 0.3) is 0 Å². The highest BCUT2D eigenvalue weighted by Crippen LogP contribution is 2.34. The van der Waals surface area contributed by atoms with Gasteiger partial charge in [-0.05, 0) is 30.9 Å². The molecule has 5 heteroatoms. The first-order chi connectivity index (χ1) is 8.52. The molecule has 2 atom stereocenters. The van der Waals surface area contributed by atoms with Gasteiger partial charge in [0.15, 0.2) is 0 Å². The van der Waals surface area contributed by atoms with Crippen LogP contribution in [-0.2, 0) is 0 Å². The van der Waals surface area contributed by atoms with Crippen LogP contribution in [0.1, 0.15) is 36.5 Å². The van der Waals surface area contributed by atoms with Gasteiger partial charge in [-0.3, -0.25) is 4.79 Å². The molecule has 0 heterocycles. The number of amides is 1. The Kier molecular flexibility index (Phi) is 3.50. The summed E-state index contributed by atoms with van der Waals surface area (Å²) in [6.45, 7) is 2.09. The fourth-order valence-electron chi connectivity index (χ4n) is 2.08. The third-order valence-electron chi connectivity index (χ3n) is 3.24. The highest BCUT2D eigenvalue weighted by atomic mass is 19.1. The summed E-state index contributed by atoms with van der Waals surface area (Å²) >= 11 is 0. The summed E-state index contributed by atoms with van der Waals surface area (Å²) in [6, 6.07) is 2.07. The van der Waals surface area contributed by atoms with E-state index < -0.39 is 23.2 Å². The summed E-state index contributed by atoms with van der Waals surface area (Å²) < 4.78 is 26.4. The molecule has 1 amide bonds. The predicted molar refractivity (Wildman–Crippen MR) is 65.0 cm³/mol. The number of nitrogens with one attached hydrogen (secondary N) is 1. The van der Waals surface area contributed by atoms with E-state index in [1.165, 1.54) is 0 Å². The summed E-state index contributed by atoms with van der Waals surface area (Å²) in [4.78, 5) is 11.8. The van der Waals surface area contributed by atoms with E-state index in [4.69, 9.17) is 5.73 Å². The van der Waals surface area contributed by atoms with Crippen molar-refractivity contribution in [1.82, 2.24) is 5.32 Å². The Morgan fingerprint density at radius 2 is 2.06 bits per heavy atom. The zero-order valence-corrected chi connectivity index (χ0v) is 10.2. The van der Waals surface area contributed by atoms with Gasteiger partial charge >= 0.3 is 0 Å². The molecular weight excluding hydrogens is 238 g/mol. The Morgan fingerprint density at radius 3 is 2.61 bits per heavy atom. The first-order valence-electron chi connectivity index (χ1n) is 6.08. The zero-order valence-electron chi connectivity index (χ0n) is 10.2. The third kappa shape index (κ3) is 2.60. The Balaban J connectivity index is 2.02. The fraction of sp³-hybridized carbons (Fsp3) is 0.462. The van der Waals surface area contributed by atoms with E-state index in [0.29, 0.717) is 5.92 Å². The normalized spacial score (nSPS) is 21.7. The molecule has 1 fully saturated rings. The molecule has 18 heavy (non-hydrogen) atoms. The van der Waals surface area contributed by atoms with Crippen LogP contribution in [0.3, 0.4) is 0 Å². The van der Waals surface area contributed by atoms with Gasteiger partial charge in [0, 0.05) is 11.6 Å². The van der Waals surface area contributed by atoms with Crippen molar-refractivity contribution in [3.63, 3.8) is 0 Å². The molecule has 1 aromatic carbocycles. The van der Waals surface area contributed by atoms with E-state index >= 15 is 0 Å². The number of nitrogens with two attached hydrogens (primary N) is 1. The van der Waals surface area contributed by atoms with E-state index in [-0.39, 0.29) is 11.6 Å². The van der Waals surface area contributed by atoms with Crippen molar-refractivity contribution in [2.24, 2.45) is 5.92 Å². The van der Waals surface area contributed by atoms with Gasteiger partial charge in [-0.1, -0.05) is 13.3 Å². The molecule has 0 radical (unpaired) electrons. The molecule has 1 saturated carbocycles. The standard InChI is InChI=1S/C13H16F2N2O/c1-2-3-7-6-11(7)17-13(18)8-4-9(14)12(16)10(15)5-8/h4-5,7,11H,2-3,6,16H2,1H3,(H,17,18). The molecule has 2 rings (SSSR count). The molecule has 0 saturated heterocycles. The topological polar surface area (TPSA) is 55.1 Å². The van der Waals surface area contributed by atoms with Gasteiger partial charge < -0.3 is 11.1 Å². The van der Waals surface area contributed by atoms with Crippen LogP contribution in [0, 0.1) is 17.6 Å². The van der Waals surface area contributed by atoms with Crippen LogP contribution in [0.2, 0.25) is 0 Å². The van der Waals surface area contributed by atoms with Gasteiger partial charge in [0.05, 0.1) is 0 Å². The van der Waals surface area contributed by atoms with Crippen molar-refractivity contribution in [3.05, 3.63) is 29.3 Å². The number of anilines is 1. The van der Waals surface area contributed by atoms with Crippen LogP contribution in [-0.4, -0.2) is 11.9 Å². The molecule has 2 unspecified atom stereocenters. The fourth-order valence-corrected chi connectivity index (χ4v) is 2.08. The van der Waals surface area contributed by atoms with Gasteiger partial charge in [0.1, 0.15) is 17.3 Å². The summed E-state index contributed by atoms with van der Waals surface area (Å²) in [7, 11) is 0. The van der Waals surface area contributed by atoms with Crippen LogP contribution in [0.4, 0.5) is 14.5 Å². The zero-order chi connectivity index (χ0) is 13.3. The number of hydrogen-bond acceptors (Lipinski definition) is 2. The quantitative estimate of drug-likeness (QED) is 0.811. The monoisotopic (exact) mass is 254 g/mol. The average Bonchev–Trinajstić information content (AvgIpc) is 3.04. The van der Waals surface area contributed by atoms with E-state index in [1.807, 2.05) is 0 Å². The number of benzene rings is 1. The smallest absolute Gasteiger partial charge is 0.251 e. The summed E-state index contributed by atoms with van der Waals surface area (Å²) in [5.41, 5.74) is 4.56. The average molecular weight is 254 g/mol. The minimum absolute atomic E-state index is 0.0265. The Hall–Kier alpha value is -1.65. The number of carbonyl (C=O) groups is 1.